The van der Waals surface area contributed by atoms with E-state index in [1.807, 2.05) is 0 Å². The highest BCUT2D eigenvalue weighted by atomic mass is 19.1. The van der Waals surface area contributed by atoms with Crippen LogP contribution in [0.5, 0.6) is 5.75 Å². The van der Waals surface area contributed by atoms with Crippen LogP contribution in [-0.4, -0.2) is 7.11 Å². The van der Waals surface area contributed by atoms with Crippen molar-refractivity contribution in [1.29, 1.82) is 0 Å². The monoisotopic (exact) mass is 263 g/mol. The van der Waals surface area contributed by atoms with Crippen molar-refractivity contribution in [3.05, 3.63) is 65.2 Å². The quantitative estimate of drug-likeness (QED) is 0.919. The Bertz CT molecular complexity index is 572. The molecule has 19 heavy (non-hydrogen) atoms. The number of ether oxygens (including phenoxy) is 1. The van der Waals surface area contributed by atoms with E-state index in [1.54, 1.807) is 30.3 Å². The van der Waals surface area contributed by atoms with Crippen molar-refractivity contribution in [1.82, 2.24) is 0 Å². The van der Waals surface area contributed by atoms with E-state index in [0.29, 0.717) is 11.1 Å². The molecule has 2 aromatic carbocycles. The van der Waals surface area contributed by atoms with E-state index in [-0.39, 0.29) is 18.0 Å². The van der Waals surface area contributed by atoms with E-state index in [9.17, 15) is 8.78 Å². The SMILES string of the molecule is COc1cccc(CC(N)c2cccc(F)c2)c1F. The van der Waals surface area contributed by atoms with E-state index in [4.69, 9.17) is 10.5 Å². The van der Waals surface area contributed by atoms with Gasteiger partial charge in [-0.05, 0) is 35.7 Å². The number of hydrogen-bond donors (Lipinski definition) is 1. The highest BCUT2D eigenvalue weighted by Gasteiger charge is 2.13. The molecule has 2 rings (SSSR count). The number of halogens is 2. The molecule has 100 valence electrons. The zero-order valence-corrected chi connectivity index (χ0v) is 10.6. The van der Waals surface area contributed by atoms with Gasteiger partial charge in [0.25, 0.3) is 0 Å². The molecule has 0 radical (unpaired) electrons. The van der Waals surface area contributed by atoms with Crippen LogP contribution in [0.2, 0.25) is 0 Å². The molecule has 1 unspecified atom stereocenters. The summed E-state index contributed by atoms with van der Waals surface area (Å²) in [5.74, 6) is -0.583. The van der Waals surface area contributed by atoms with Gasteiger partial charge in [0, 0.05) is 6.04 Å². The van der Waals surface area contributed by atoms with Gasteiger partial charge in [-0.1, -0.05) is 24.3 Å². The Morgan fingerprint density at radius 1 is 1.16 bits per heavy atom. The van der Waals surface area contributed by atoms with Crippen LogP contribution < -0.4 is 10.5 Å². The molecule has 0 aliphatic rings. The van der Waals surface area contributed by atoms with Gasteiger partial charge in [0.1, 0.15) is 5.82 Å². The normalized spacial score (nSPS) is 12.2. The summed E-state index contributed by atoms with van der Waals surface area (Å²) in [5.41, 5.74) is 7.08. The van der Waals surface area contributed by atoms with Crippen molar-refractivity contribution < 1.29 is 13.5 Å². The summed E-state index contributed by atoms with van der Waals surface area (Å²) in [6.07, 6.45) is 0.284. The van der Waals surface area contributed by atoms with Gasteiger partial charge in [-0.25, -0.2) is 8.78 Å². The second-order valence-corrected chi connectivity index (χ2v) is 4.30. The third kappa shape index (κ3) is 3.09. The van der Waals surface area contributed by atoms with Crippen LogP contribution in [0.3, 0.4) is 0 Å². The van der Waals surface area contributed by atoms with Crippen molar-refractivity contribution in [2.45, 2.75) is 12.5 Å². The molecule has 0 saturated carbocycles. The van der Waals surface area contributed by atoms with Crippen LogP contribution in [-0.2, 0) is 6.42 Å². The van der Waals surface area contributed by atoms with E-state index in [2.05, 4.69) is 0 Å². The lowest BCUT2D eigenvalue weighted by atomic mass is 9.99. The van der Waals surface area contributed by atoms with Gasteiger partial charge in [-0.2, -0.15) is 0 Å². The zero-order valence-electron chi connectivity index (χ0n) is 10.6. The Balaban J connectivity index is 2.21. The molecular weight excluding hydrogens is 248 g/mol. The maximum absolute atomic E-state index is 14.0. The minimum atomic E-state index is -0.461. The van der Waals surface area contributed by atoms with Gasteiger partial charge in [0.05, 0.1) is 7.11 Å². The standard InChI is InChI=1S/C15H15F2NO/c1-19-14-7-3-5-11(15(14)17)9-13(18)10-4-2-6-12(16)8-10/h2-8,13H,9,18H2,1H3. The first-order chi connectivity index (χ1) is 9.11. The highest BCUT2D eigenvalue weighted by molar-refractivity contribution is 5.32. The highest BCUT2D eigenvalue weighted by Crippen LogP contribution is 2.24. The molecule has 1 atom stereocenters. The first-order valence-electron chi connectivity index (χ1n) is 5.94. The third-order valence-corrected chi connectivity index (χ3v) is 2.98. The molecule has 2 nitrogen and oxygen atoms in total. The molecule has 2 aromatic rings. The Labute approximate surface area is 110 Å². The van der Waals surface area contributed by atoms with Crippen LogP contribution in [0, 0.1) is 11.6 Å². The zero-order chi connectivity index (χ0) is 13.8. The van der Waals surface area contributed by atoms with E-state index < -0.39 is 11.9 Å². The molecule has 2 N–H and O–H groups in total. The second-order valence-electron chi connectivity index (χ2n) is 4.30. The number of methoxy groups -OCH3 is 1. The largest absolute Gasteiger partial charge is 0.494 e. The fourth-order valence-corrected chi connectivity index (χ4v) is 1.96. The van der Waals surface area contributed by atoms with Crippen molar-refractivity contribution in [2.75, 3.05) is 7.11 Å². The summed E-state index contributed by atoms with van der Waals surface area (Å²) in [7, 11) is 1.41. The van der Waals surface area contributed by atoms with Crippen LogP contribution in [0.15, 0.2) is 42.5 Å². The maximum Gasteiger partial charge on any atom is 0.168 e. The van der Waals surface area contributed by atoms with E-state index >= 15 is 0 Å². The van der Waals surface area contributed by atoms with Crippen molar-refractivity contribution in [3.8, 4) is 5.75 Å². The van der Waals surface area contributed by atoms with Crippen LogP contribution >= 0.6 is 0 Å². The summed E-state index contributed by atoms with van der Waals surface area (Å²) in [6.45, 7) is 0. The maximum atomic E-state index is 14.0. The van der Waals surface area contributed by atoms with Gasteiger partial charge in [-0.15, -0.1) is 0 Å². The van der Waals surface area contributed by atoms with E-state index in [1.165, 1.54) is 19.2 Å². The van der Waals surface area contributed by atoms with Gasteiger partial charge >= 0.3 is 0 Å². The lowest BCUT2D eigenvalue weighted by Crippen LogP contribution is -2.14. The predicted molar refractivity (Wildman–Crippen MR) is 70.0 cm³/mol. The lowest BCUT2D eigenvalue weighted by Gasteiger charge is -2.14. The van der Waals surface area contributed by atoms with E-state index in [0.717, 1.165) is 0 Å². The first kappa shape index (κ1) is 13.5. The molecule has 0 aliphatic heterocycles. The molecule has 0 saturated heterocycles. The molecule has 0 aliphatic carbocycles. The Morgan fingerprint density at radius 3 is 2.58 bits per heavy atom. The summed E-state index contributed by atoms with van der Waals surface area (Å²) in [4.78, 5) is 0. The smallest absolute Gasteiger partial charge is 0.168 e. The minimum Gasteiger partial charge on any atom is -0.494 e. The van der Waals surface area contributed by atoms with Crippen LogP contribution in [0.4, 0.5) is 8.78 Å². The Kier molecular flexibility index (Phi) is 4.12. The molecule has 0 aromatic heterocycles. The molecule has 4 heteroatoms. The molecule has 0 amide bonds. The van der Waals surface area contributed by atoms with Gasteiger partial charge in [-0.3, -0.25) is 0 Å². The average Bonchev–Trinajstić information content (AvgIpc) is 2.41. The molecule has 0 bridgehead atoms. The molecule has 0 fully saturated rings. The van der Waals surface area contributed by atoms with Crippen molar-refractivity contribution >= 4 is 0 Å². The van der Waals surface area contributed by atoms with Gasteiger partial charge in [0.2, 0.25) is 0 Å². The fraction of sp³-hybridized carbons (Fsp3) is 0.200. The number of benzene rings is 2. The summed E-state index contributed by atoms with van der Waals surface area (Å²) in [6, 6.07) is 10.5. The van der Waals surface area contributed by atoms with Crippen molar-refractivity contribution in [3.63, 3.8) is 0 Å². The molecule has 0 heterocycles. The third-order valence-electron chi connectivity index (χ3n) is 2.98. The molecule has 0 spiro atoms. The lowest BCUT2D eigenvalue weighted by molar-refractivity contribution is 0.383. The molecular formula is C15H15F2NO. The first-order valence-corrected chi connectivity index (χ1v) is 5.94. The fourth-order valence-electron chi connectivity index (χ4n) is 1.96. The van der Waals surface area contributed by atoms with Crippen molar-refractivity contribution in [2.24, 2.45) is 5.73 Å². The average molecular weight is 263 g/mol. The summed E-state index contributed by atoms with van der Waals surface area (Å²) in [5, 5.41) is 0. The number of nitrogens with two attached hydrogens (primary N) is 1. The summed E-state index contributed by atoms with van der Waals surface area (Å²) >= 11 is 0. The Hall–Kier alpha value is -1.94. The van der Waals surface area contributed by atoms with Crippen LogP contribution in [0.25, 0.3) is 0 Å². The summed E-state index contributed by atoms with van der Waals surface area (Å²) < 4.78 is 32.0. The van der Waals surface area contributed by atoms with Gasteiger partial charge in [0.15, 0.2) is 11.6 Å². The predicted octanol–water partition coefficient (Wildman–Crippen LogP) is 3.22. The number of hydrogen-bond acceptors (Lipinski definition) is 2. The topological polar surface area (TPSA) is 35.2 Å². The number of rotatable bonds is 4. The Morgan fingerprint density at radius 2 is 1.89 bits per heavy atom. The minimum absolute atomic E-state index is 0.184. The second kappa shape index (κ2) is 5.80. The van der Waals surface area contributed by atoms with Gasteiger partial charge < -0.3 is 10.5 Å². The van der Waals surface area contributed by atoms with Crippen LogP contribution in [0.1, 0.15) is 17.2 Å².